The van der Waals surface area contributed by atoms with E-state index in [9.17, 15) is 0 Å². The average molecular weight is 385 g/mol. The summed E-state index contributed by atoms with van der Waals surface area (Å²) in [5.74, 6) is 3.15. The molecule has 150 valence electrons. The van der Waals surface area contributed by atoms with Crippen LogP contribution in [-0.4, -0.2) is 41.9 Å². The van der Waals surface area contributed by atoms with Gasteiger partial charge in [0.2, 0.25) is 0 Å². The second kappa shape index (κ2) is 8.31. The van der Waals surface area contributed by atoms with Crippen LogP contribution in [0.15, 0.2) is 18.2 Å². The molecule has 1 aliphatic carbocycles. The molecule has 2 aliphatic rings. The fourth-order valence-electron chi connectivity index (χ4n) is 4.49. The van der Waals surface area contributed by atoms with E-state index in [1.165, 1.54) is 25.7 Å². The highest BCUT2D eigenvalue weighted by atomic mass is 16.5. The summed E-state index contributed by atoms with van der Waals surface area (Å²) in [6.45, 7) is 8.90. The Bertz CT molecular complexity index is 867. The third-order valence-electron chi connectivity index (χ3n) is 6.03. The van der Waals surface area contributed by atoms with Gasteiger partial charge in [-0.05, 0) is 51.3 Å². The minimum Gasteiger partial charge on any atom is -0.494 e. The minimum absolute atomic E-state index is 0.610. The van der Waals surface area contributed by atoms with Crippen molar-refractivity contribution in [3.8, 4) is 5.75 Å². The molecule has 0 radical (unpaired) electrons. The average Bonchev–Trinajstić information content (AvgIpc) is 2.70. The quantitative estimate of drug-likeness (QED) is 0.605. The molecule has 1 unspecified atom stereocenters. The van der Waals surface area contributed by atoms with E-state index in [2.05, 4.69) is 32.5 Å². The van der Waals surface area contributed by atoms with Crippen LogP contribution < -0.4 is 25.3 Å². The van der Waals surface area contributed by atoms with Gasteiger partial charge in [-0.1, -0.05) is 13.3 Å². The molecule has 2 aromatic rings. The molecular formula is C21H32N6O+2. The summed E-state index contributed by atoms with van der Waals surface area (Å²) in [5, 5.41) is 7.82. The number of hydrogen-bond acceptors (Lipinski definition) is 5. The Morgan fingerprint density at radius 1 is 1.29 bits per heavy atom. The first kappa shape index (κ1) is 18.9. The summed E-state index contributed by atoms with van der Waals surface area (Å²) in [6.07, 6.45) is 5.44. The van der Waals surface area contributed by atoms with E-state index < -0.39 is 0 Å². The maximum Gasteiger partial charge on any atom is 0.359 e. The Morgan fingerprint density at radius 2 is 2.14 bits per heavy atom. The van der Waals surface area contributed by atoms with Crippen molar-refractivity contribution in [1.82, 2.24) is 15.3 Å². The highest BCUT2D eigenvalue weighted by Crippen LogP contribution is 2.23. The van der Waals surface area contributed by atoms with E-state index >= 15 is 0 Å². The lowest BCUT2D eigenvalue weighted by Gasteiger charge is -2.35. The van der Waals surface area contributed by atoms with E-state index in [1.54, 1.807) is 4.90 Å². The number of hydrogen-bond donors (Lipinski definition) is 4. The van der Waals surface area contributed by atoms with Crippen molar-refractivity contribution >= 4 is 22.8 Å². The van der Waals surface area contributed by atoms with Gasteiger partial charge >= 0.3 is 5.96 Å². The molecule has 1 fully saturated rings. The number of benzene rings is 1. The number of anilines is 1. The number of nitrogens with one attached hydrogen (secondary N) is 4. The van der Waals surface area contributed by atoms with Crippen molar-refractivity contribution in [2.75, 3.05) is 25.3 Å². The summed E-state index contributed by atoms with van der Waals surface area (Å²) in [7, 11) is 0. The fourth-order valence-corrected chi connectivity index (χ4v) is 4.49. The van der Waals surface area contributed by atoms with Gasteiger partial charge in [0.15, 0.2) is 13.3 Å². The van der Waals surface area contributed by atoms with E-state index in [4.69, 9.17) is 4.74 Å². The highest BCUT2D eigenvalue weighted by Gasteiger charge is 2.33. The van der Waals surface area contributed by atoms with Gasteiger partial charge in [0.05, 0.1) is 23.9 Å². The van der Waals surface area contributed by atoms with Crippen LogP contribution in [0, 0.1) is 12.8 Å². The Hall–Kier alpha value is -2.41. The Labute approximate surface area is 166 Å². The number of quaternary nitrogens is 1. The molecule has 3 atom stereocenters. The monoisotopic (exact) mass is 384 g/mol. The molecule has 1 saturated carbocycles. The van der Waals surface area contributed by atoms with Crippen LogP contribution in [0.2, 0.25) is 0 Å². The molecule has 4 rings (SSSR count). The van der Waals surface area contributed by atoms with E-state index in [0.29, 0.717) is 12.6 Å². The van der Waals surface area contributed by atoms with Crippen LogP contribution >= 0.6 is 0 Å². The number of fused-ring (bicyclic) bond motifs is 1. The van der Waals surface area contributed by atoms with Gasteiger partial charge in [0.1, 0.15) is 5.75 Å². The summed E-state index contributed by atoms with van der Waals surface area (Å²) in [5.41, 5.74) is 1.85. The molecule has 2 heterocycles. The molecule has 7 nitrogen and oxygen atoms in total. The second-order valence-corrected chi connectivity index (χ2v) is 7.98. The zero-order chi connectivity index (χ0) is 19.5. The van der Waals surface area contributed by atoms with Crippen molar-refractivity contribution in [3.63, 3.8) is 0 Å². The zero-order valence-electron chi connectivity index (χ0n) is 17.1. The molecule has 4 N–H and O–H groups in total. The van der Waals surface area contributed by atoms with E-state index in [1.807, 2.05) is 32.0 Å². The fraction of sp³-hybridized carbons (Fsp3) is 0.571. The van der Waals surface area contributed by atoms with E-state index in [0.717, 1.165) is 53.6 Å². The van der Waals surface area contributed by atoms with Gasteiger partial charge in [-0.2, -0.15) is 4.98 Å². The Kier molecular flexibility index (Phi) is 5.62. The molecule has 1 aliphatic heterocycles. The van der Waals surface area contributed by atoms with Gasteiger partial charge in [-0.15, -0.1) is 0 Å². The van der Waals surface area contributed by atoms with Crippen LogP contribution in [0.5, 0.6) is 5.75 Å². The molecule has 0 amide bonds. The molecule has 7 heteroatoms. The minimum atomic E-state index is 0.610. The predicted molar refractivity (Wildman–Crippen MR) is 110 cm³/mol. The SMILES string of the molecule is CCOc1ccc2nc(NC3=[NH+]C[NH+]([C@@H]4CCCC[C@H]4C)CN3)nc(C)c2c1. The lowest BCUT2D eigenvalue weighted by molar-refractivity contribution is -1.00. The largest absolute Gasteiger partial charge is 0.494 e. The summed E-state index contributed by atoms with van der Waals surface area (Å²) in [4.78, 5) is 14.4. The Balaban J connectivity index is 1.45. The number of ether oxygens (including phenoxy) is 1. The Morgan fingerprint density at radius 3 is 2.89 bits per heavy atom. The van der Waals surface area contributed by atoms with Gasteiger partial charge < -0.3 is 4.74 Å². The first-order valence-electron chi connectivity index (χ1n) is 10.5. The lowest BCUT2D eigenvalue weighted by Crippen LogP contribution is -3.27. The number of rotatable bonds is 4. The number of aromatic nitrogens is 2. The molecule has 0 bridgehead atoms. The summed E-state index contributed by atoms with van der Waals surface area (Å²) >= 11 is 0. The second-order valence-electron chi connectivity index (χ2n) is 7.98. The van der Waals surface area contributed by atoms with Gasteiger partial charge in [0, 0.05) is 11.3 Å². The first-order valence-corrected chi connectivity index (χ1v) is 10.5. The van der Waals surface area contributed by atoms with Crippen molar-refractivity contribution in [2.24, 2.45) is 5.92 Å². The molecular weight excluding hydrogens is 352 g/mol. The van der Waals surface area contributed by atoms with E-state index in [-0.39, 0.29) is 0 Å². The summed E-state index contributed by atoms with van der Waals surface area (Å²) < 4.78 is 5.59. The molecule has 1 aromatic heterocycles. The smallest absolute Gasteiger partial charge is 0.359 e. The predicted octanol–water partition coefficient (Wildman–Crippen LogP) is 0.167. The van der Waals surface area contributed by atoms with Crippen molar-refractivity contribution < 1.29 is 14.6 Å². The first-order chi connectivity index (χ1) is 13.6. The van der Waals surface area contributed by atoms with Crippen LogP contribution in [0.25, 0.3) is 10.9 Å². The van der Waals surface area contributed by atoms with Crippen molar-refractivity contribution in [1.29, 1.82) is 0 Å². The maximum absolute atomic E-state index is 5.59. The molecule has 28 heavy (non-hydrogen) atoms. The summed E-state index contributed by atoms with van der Waals surface area (Å²) in [6, 6.07) is 6.70. The maximum atomic E-state index is 5.59. The highest BCUT2D eigenvalue weighted by molar-refractivity contribution is 5.89. The molecule has 0 spiro atoms. The third kappa shape index (κ3) is 4.04. The number of guanidine groups is 1. The standard InChI is InChI=1S/C21H30N6O/c1-4-28-16-9-10-18-17(11-16)15(3)24-21(25-18)26-20-22-12-27(13-23-20)19-8-6-5-7-14(19)2/h9-11,14,19H,4-8,12-13H2,1-3H3,(H2,22,23,24,25,26)/p+2/t14-,19-/m1/s1. The van der Waals surface area contributed by atoms with Gasteiger partial charge in [-0.25, -0.2) is 20.6 Å². The van der Waals surface area contributed by atoms with Crippen LogP contribution in [-0.2, 0) is 0 Å². The van der Waals surface area contributed by atoms with Crippen molar-refractivity contribution in [3.05, 3.63) is 23.9 Å². The zero-order valence-corrected chi connectivity index (χ0v) is 17.1. The van der Waals surface area contributed by atoms with Crippen LogP contribution in [0.4, 0.5) is 5.95 Å². The molecule has 0 saturated heterocycles. The normalized spacial score (nSPS) is 25.1. The molecule has 1 aromatic carbocycles. The third-order valence-corrected chi connectivity index (χ3v) is 6.03. The lowest BCUT2D eigenvalue weighted by atomic mass is 9.85. The van der Waals surface area contributed by atoms with Crippen LogP contribution in [0.1, 0.15) is 45.2 Å². The van der Waals surface area contributed by atoms with Crippen molar-refractivity contribution in [2.45, 2.75) is 52.5 Å². The van der Waals surface area contributed by atoms with Gasteiger partial charge in [-0.3, -0.25) is 4.90 Å². The van der Waals surface area contributed by atoms with Gasteiger partial charge in [0.25, 0.3) is 5.95 Å². The number of nitrogens with zero attached hydrogens (tertiary/aromatic N) is 2. The topological polar surface area (TPSA) is 77.5 Å². The number of aryl methyl sites for hydroxylation is 1. The van der Waals surface area contributed by atoms with Crippen LogP contribution in [0.3, 0.4) is 0 Å².